The number of aromatic carboxylic acids is 1. The van der Waals surface area contributed by atoms with Crippen molar-refractivity contribution in [2.75, 3.05) is 11.9 Å². The van der Waals surface area contributed by atoms with Gasteiger partial charge >= 0.3 is 5.97 Å². The van der Waals surface area contributed by atoms with E-state index in [0.717, 1.165) is 19.3 Å². The molecule has 18 heavy (non-hydrogen) atoms. The van der Waals surface area contributed by atoms with Gasteiger partial charge < -0.3 is 15.5 Å². The summed E-state index contributed by atoms with van der Waals surface area (Å²) in [6, 6.07) is 3.95. The summed E-state index contributed by atoms with van der Waals surface area (Å²) in [7, 11) is 0. The molecule has 5 heteroatoms. The number of carboxylic acids is 1. The van der Waals surface area contributed by atoms with Gasteiger partial charge in [0.1, 0.15) is 5.82 Å². The van der Waals surface area contributed by atoms with Crippen molar-refractivity contribution < 1.29 is 19.4 Å². The fourth-order valence-corrected chi connectivity index (χ4v) is 2.37. The first-order valence-corrected chi connectivity index (χ1v) is 6.03. The summed E-state index contributed by atoms with van der Waals surface area (Å²) in [5.41, 5.74) is -0.0772. The Kier molecular flexibility index (Phi) is 3.81. The standard InChI is InChI=1S/C13H16FNO3/c14-10-5-2-4-9(13(17)18)12(10)15-7-8-3-1-6-11(8)16/h2,4-5,8,11,15-16H,1,3,6-7H2,(H,17,18). The number of hydrogen-bond donors (Lipinski definition) is 3. The van der Waals surface area contributed by atoms with Gasteiger partial charge in [-0.25, -0.2) is 9.18 Å². The first kappa shape index (κ1) is 12.8. The van der Waals surface area contributed by atoms with Crippen LogP contribution >= 0.6 is 0 Å². The zero-order valence-electron chi connectivity index (χ0n) is 9.90. The summed E-state index contributed by atoms with van der Waals surface area (Å²) in [5.74, 6) is -1.68. The van der Waals surface area contributed by atoms with Gasteiger partial charge in [-0.1, -0.05) is 12.5 Å². The average molecular weight is 253 g/mol. The number of anilines is 1. The molecular formula is C13H16FNO3. The fraction of sp³-hybridized carbons (Fsp3) is 0.462. The molecule has 98 valence electrons. The van der Waals surface area contributed by atoms with E-state index in [1.807, 2.05) is 0 Å². The fourth-order valence-electron chi connectivity index (χ4n) is 2.37. The van der Waals surface area contributed by atoms with Gasteiger partial charge in [-0.3, -0.25) is 0 Å². The van der Waals surface area contributed by atoms with Gasteiger partial charge in [0.2, 0.25) is 0 Å². The van der Waals surface area contributed by atoms with Crippen molar-refractivity contribution in [3.05, 3.63) is 29.6 Å². The van der Waals surface area contributed by atoms with E-state index in [1.165, 1.54) is 18.2 Å². The quantitative estimate of drug-likeness (QED) is 0.768. The van der Waals surface area contributed by atoms with Crippen LogP contribution < -0.4 is 5.32 Å². The molecule has 0 bridgehead atoms. The summed E-state index contributed by atoms with van der Waals surface area (Å²) in [4.78, 5) is 11.0. The summed E-state index contributed by atoms with van der Waals surface area (Å²) in [6.07, 6.45) is 2.22. The van der Waals surface area contributed by atoms with Crippen LogP contribution in [0.5, 0.6) is 0 Å². The first-order chi connectivity index (χ1) is 8.59. The Morgan fingerprint density at radius 2 is 2.22 bits per heavy atom. The molecule has 2 atom stereocenters. The third-order valence-corrected chi connectivity index (χ3v) is 3.40. The highest BCUT2D eigenvalue weighted by Crippen LogP contribution is 2.27. The molecule has 2 unspecified atom stereocenters. The lowest BCUT2D eigenvalue weighted by Gasteiger charge is -2.17. The van der Waals surface area contributed by atoms with E-state index in [9.17, 15) is 14.3 Å². The highest BCUT2D eigenvalue weighted by atomic mass is 19.1. The number of benzene rings is 1. The zero-order valence-corrected chi connectivity index (χ0v) is 9.90. The van der Waals surface area contributed by atoms with Gasteiger partial charge in [-0.15, -0.1) is 0 Å². The second-order valence-electron chi connectivity index (χ2n) is 4.61. The molecule has 0 heterocycles. The molecule has 0 aliphatic heterocycles. The monoisotopic (exact) mass is 253 g/mol. The molecule has 1 saturated carbocycles. The van der Waals surface area contributed by atoms with Crippen LogP contribution in [0.25, 0.3) is 0 Å². The second-order valence-corrected chi connectivity index (χ2v) is 4.61. The van der Waals surface area contributed by atoms with Crippen molar-refractivity contribution in [3.63, 3.8) is 0 Å². The van der Waals surface area contributed by atoms with Crippen LogP contribution in [-0.4, -0.2) is 28.8 Å². The third kappa shape index (κ3) is 2.61. The Balaban J connectivity index is 2.11. The second kappa shape index (κ2) is 5.35. The molecule has 0 saturated heterocycles. The van der Waals surface area contributed by atoms with E-state index in [0.29, 0.717) is 6.54 Å². The molecule has 0 amide bonds. The lowest BCUT2D eigenvalue weighted by atomic mass is 10.1. The minimum Gasteiger partial charge on any atom is -0.478 e. The lowest BCUT2D eigenvalue weighted by molar-refractivity contribution is 0.0697. The Bertz CT molecular complexity index is 450. The van der Waals surface area contributed by atoms with E-state index in [4.69, 9.17) is 5.11 Å². The number of para-hydroxylation sites is 1. The van der Waals surface area contributed by atoms with E-state index < -0.39 is 11.8 Å². The minimum absolute atomic E-state index is 0.00380. The largest absolute Gasteiger partial charge is 0.478 e. The zero-order chi connectivity index (χ0) is 13.1. The predicted molar refractivity (Wildman–Crippen MR) is 65.2 cm³/mol. The van der Waals surface area contributed by atoms with Gasteiger partial charge in [0.25, 0.3) is 0 Å². The van der Waals surface area contributed by atoms with E-state index in [-0.39, 0.29) is 23.3 Å². The number of aliphatic hydroxyl groups excluding tert-OH is 1. The average Bonchev–Trinajstić information content (AvgIpc) is 2.73. The van der Waals surface area contributed by atoms with Crippen molar-refractivity contribution in [3.8, 4) is 0 Å². The topological polar surface area (TPSA) is 69.6 Å². The van der Waals surface area contributed by atoms with Gasteiger partial charge in [-0.05, 0) is 25.0 Å². The highest BCUT2D eigenvalue weighted by Gasteiger charge is 2.25. The van der Waals surface area contributed by atoms with Crippen LogP contribution in [0.1, 0.15) is 29.6 Å². The Labute approximate surface area is 104 Å². The molecular weight excluding hydrogens is 237 g/mol. The van der Waals surface area contributed by atoms with Crippen LogP contribution in [0, 0.1) is 11.7 Å². The van der Waals surface area contributed by atoms with Crippen LogP contribution in [0.4, 0.5) is 10.1 Å². The number of carboxylic acid groups (broad SMARTS) is 1. The van der Waals surface area contributed by atoms with E-state index >= 15 is 0 Å². The number of halogens is 1. The summed E-state index contributed by atoms with van der Waals surface area (Å²) < 4.78 is 13.6. The van der Waals surface area contributed by atoms with E-state index in [1.54, 1.807) is 0 Å². The van der Waals surface area contributed by atoms with Crippen LogP contribution in [0.3, 0.4) is 0 Å². The van der Waals surface area contributed by atoms with Crippen molar-refractivity contribution in [2.24, 2.45) is 5.92 Å². The molecule has 0 aromatic heterocycles. The van der Waals surface area contributed by atoms with Crippen LogP contribution in [0.15, 0.2) is 18.2 Å². The number of hydrogen-bond acceptors (Lipinski definition) is 3. The van der Waals surface area contributed by atoms with Gasteiger partial charge in [0.15, 0.2) is 0 Å². The lowest BCUT2D eigenvalue weighted by Crippen LogP contribution is -2.23. The molecule has 1 aromatic carbocycles. The summed E-state index contributed by atoms with van der Waals surface area (Å²) in [6.45, 7) is 0.391. The molecule has 1 fully saturated rings. The molecule has 2 rings (SSSR count). The molecule has 1 aromatic rings. The number of nitrogens with one attached hydrogen (secondary N) is 1. The summed E-state index contributed by atoms with van der Waals surface area (Å²) in [5, 5.41) is 21.5. The number of aliphatic hydroxyl groups is 1. The van der Waals surface area contributed by atoms with Crippen molar-refractivity contribution in [1.82, 2.24) is 0 Å². The molecule has 3 N–H and O–H groups in total. The van der Waals surface area contributed by atoms with Crippen molar-refractivity contribution in [2.45, 2.75) is 25.4 Å². The Hall–Kier alpha value is -1.62. The normalized spacial score (nSPS) is 23.0. The van der Waals surface area contributed by atoms with Crippen molar-refractivity contribution >= 4 is 11.7 Å². The first-order valence-electron chi connectivity index (χ1n) is 6.03. The molecule has 0 radical (unpaired) electrons. The summed E-state index contributed by atoms with van der Waals surface area (Å²) >= 11 is 0. The van der Waals surface area contributed by atoms with Gasteiger partial charge in [-0.2, -0.15) is 0 Å². The highest BCUT2D eigenvalue weighted by molar-refractivity contribution is 5.94. The maximum absolute atomic E-state index is 13.6. The minimum atomic E-state index is -1.16. The maximum atomic E-state index is 13.6. The van der Waals surface area contributed by atoms with Crippen molar-refractivity contribution in [1.29, 1.82) is 0 Å². The maximum Gasteiger partial charge on any atom is 0.337 e. The molecule has 1 aliphatic rings. The molecule has 4 nitrogen and oxygen atoms in total. The predicted octanol–water partition coefficient (Wildman–Crippen LogP) is 2.10. The SMILES string of the molecule is O=C(O)c1cccc(F)c1NCC1CCCC1O. The van der Waals surface area contributed by atoms with Crippen LogP contribution in [-0.2, 0) is 0 Å². The van der Waals surface area contributed by atoms with Crippen LogP contribution in [0.2, 0.25) is 0 Å². The van der Waals surface area contributed by atoms with Gasteiger partial charge in [0.05, 0.1) is 17.4 Å². The molecule has 1 aliphatic carbocycles. The van der Waals surface area contributed by atoms with E-state index in [2.05, 4.69) is 5.32 Å². The third-order valence-electron chi connectivity index (χ3n) is 3.40. The Morgan fingerprint density at radius 3 is 2.83 bits per heavy atom. The smallest absolute Gasteiger partial charge is 0.337 e. The molecule has 0 spiro atoms. The Morgan fingerprint density at radius 1 is 1.44 bits per heavy atom. The number of carbonyl (C=O) groups is 1. The van der Waals surface area contributed by atoms with Gasteiger partial charge in [0, 0.05) is 12.5 Å². The number of rotatable bonds is 4.